The highest BCUT2D eigenvalue weighted by molar-refractivity contribution is 7.95. The third kappa shape index (κ3) is 7.72. The molecule has 0 fully saturated rings. The van der Waals surface area contributed by atoms with Crippen LogP contribution in [0.25, 0.3) is 22.6 Å². The SMILES string of the molecule is Oc1ccccc1-c1cn(CCCCCCCCCC[P+](c2ccccc2)(c2ccccc2)c2ccccc2)c(-c2ccccc2O)n1. The third-order valence-corrected chi connectivity index (χ3v) is 13.9. The van der Waals surface area contributed by atoms with Crippen LogP contribution in [0.5, 0.6) is 11.5 Å². The summed E-state index contributed by atoms with van der Waals surface area (Å²) in [6.07, 6.45) is 12.8. The highest BCUT2D eigenvalue weighted by Gasteiger charge is 2.44. The van der Waals surface area contributed by atoms with Crippen LogP contribution in [0.3, 0.4) is 0 Å². The van der Waals surface area contributed by atoms with E-state index in [0.717, 1.165) is 25.2 Å². The monoisotopic (exact) mass is 653 g/mol. The van der Waals surface area contributed by atoms with Crippen LogP contribution in [0.4, 0.5) is 0 Å². The maximum atomic E-state index is 10.6. The quantitative estimate of drug-likeness (QED) is 0.0808. The molecule has 0 unspecified atom stereocenters. The van der Waals surface area contributed by atoms with Gasteiger partial charge in [-0.1, -0.05) is 111 Å². The standard InChI is InChI=1S/C43H45N2O2P/c46-41-30-18-16-28-38(41)40-34-45(43(44-40)39-29-17-19-31-42(39)47)32-20-5-3-1-2-4-6-21-33-48(35-22-10-7-11-23-35,36-24-12-8-13-25-36)37-26-14-9-15-27-37/h7-19,22-31,34H,1-6,20-21,32-33H2,(H-,44,46,47)/p+1. The number of aryl methyl sites for hydroxylation is 1. The van der Waals surface area contributed by atoms with Gasteiger partial charge < -0.3 is 14.8 Å². The Morgan fingerprint density at radius 3 is 1.38 bits per heavy atom. The molecule has 0 aliphatic heterocycles. The summed E-state index contributed by atoms with van der Waals surface area (Å²) in [5.41, 5.74) is 2.12. The minimum absolute atomic E-state index is 0.207. The Morgan fingerprint density at radius 1 is 0.458 bits per heavy atom. The number of hydrogen-bond acceptors (Lipinski definition) is 3. The van der Waals surface area contributed by atoms with Crippen molar-refractivity contribution in [2.45, 2.75) is 57.9 Å². The number of phenols is 2. The van der Waals surface area contributed by atoms with Gasteiger partial charge in [-0.3, -0.25) is 0 Å². The Morgan fingerprint density at radius 2 is 0.875 bits per heavy atom. The van der Waals surface area contributed by atoms with Crippen molar-refractivity contribution >= 4 is 23.2 Å². The number of benzene rings is 5. The lowest BCUT2D eigenvalue weighted by Crippen LogP contribution is -2.33. The average molecular weight is 654 g/mol. The summed E-state index contributed by atoms with van der Waals surface area (Å²) < 4.78 is 2.12. The Hall–Kier alpha value is -4.66. The zero-order chi connectivity index (χ0) is 33.0. The molecule has 6 aromatic rings. The van der Waals surface area contributed by atoms with Crippen LogP contribution < -0.4 is 15.9 Å². The van der Waals surface area contributed by atoms with Crippen LogP contribution in [0, 0.1) is 0 Å². The summed E-state index contributed by atoms with van der Waals surface area (Å²) in [6.45, 7) is 0.814. The number of hydrogen-bond donors (Lipinski definition) is 2. The van der Waals surface area contributed by atoms with E-state index in [1.807, 2.05) is 42.6 Å². The Kier molecular flexibility index (Phi) is 11.4. The fraction of sp³-hybridized carbons (Fsp3) is 0.233. The summed E-state index contributed by atoms with van der Waals surface area (Å²) in [5, 5.41) is 25.4. The number of imidazole rings is 1. The van der Waals surface area contributed by atoms with Crippen molar-refractivity contribution in [3.63, 3.8) is 0 Å². The van der Waals surface area contributed by atoms with Gasteiger partial charge in [0.2, 0.25) is 0 Å². The zero-order valence-corrected chi connectivity index (χ0v) is 28.6. The first-order valence-electron chi connectivity index (χ1n) is 17.4. The second-order valence-electron chi connectivity index (χ2n) is 12.5. The molecule has 0 aliphatic rings. The van der Waals surface area contributed by atoms with Crippen molar-refractivity contribution in [3.05, 3.63) is 146 Å². The van der Waals surface area contributed by atoms with Gasteiger partial charge in [0.15, 0.2) is 0 Å². The first-order chi connectivity index (χ1) is 23.7. The molecule has 4 nitrogen and oxygen atoms in total. The van der Waals surface area contributed by atoms with Gasteiger partial charge in [0.1, 0.15) is 40.5 Å². The molecule has 0 spiro atoms. The summed E-state index contributed by atoms with van der Waals surface area (Å²) in [5.74, 6) is 1.15. The fourth-order valence-electron chi connectivity index (χ4n) is 6.86. The fourth-order valence-corrected chi connectivity index (χ4v) is 11.3. The number of unbranched alkanes of at least 4 members (excludes halogenated alkanes) is 7. The van der Waals surface area contributed by atoms with E-state index < -0.39 is 7.26 Å². The predicted octanol–water partition coefficient (Wildman–Crippen LogP) is 9.74. The van der Waals surface area contributed by atoms with Gasteiger partial charge in [0.25, 0.3) is 0 Å². The molecule has 48 heavy (non-hydrogen) atoms. The molecule has 0 saturated heterocycles. The summed E-state index contributed by atoms with van der Waals surface area (Å²) in [6, 6.07) is 48.2. The highest BCUT2D eigenvalue weighted by Crippen LogP contribution is 2.56. The summed E-state index contributed by atoms with van der Waals surface area (Å²) in [4.78, 5) is 4.85. The number of aromatic hydroxyl groups is 2. The Labute approximate surface area is 286 Å². The lowest BCUT2D eigenvalue weighted by Gasteiger charge is -2.27. The molecule has 5 aromatic carbocycles. The van der Waals surface area contributed by atoms with E-state index in [0.29, 0.717) is 16.8 Å². The Balaban J connectivity index is 1.02. The van der Waals surface area contributed by atoms with Crippen molar-refractivity contribution in [1.29, 1.82) is 0 Å². The first kappa shape index (κ1) is 33.2. The van der Waals surface area contributed by atoms with Crippen LogP contribution >= 0.6 is 7.26 Å². The molecule has 0 saturated carbocycles. The van der Waals surface area contributed by atoms with Crippen LogP contribution in [0.2, 0.25) is 0 Å². The maximum absolute atomic E-state index is 10.6. The predicted molar refractivity (Wildman–Crippen MR) is 203 cm³/mol. The van der Waals surface area contributed by atoms with E-state index in [1.54, 1.807) is 12.1 Å². The largest absolute Gasteiger partial charge is 0.507 e. The van der Waals surface area contributed by atoms with Crippen molar-refractivity contribution in [1.82, 2.24) is 9.55 Å². The average Bonchev–Trinajstić information content (AvgIpc) is 3.55. The molecular formula is C43H46N2O2P+. The number of nitrogens with zero attached hydrogens (tertiary/aromatic N) is 2. The number of aromatic nitrogens is 2. The summed E-state index contributed by atoms with van der Waals surface area (Å²) >= 11 is 0. The highest BCUT2D eigenvalue weighted by atomic mass is 31.2. The van der Waals surface area contributed by atoms with Gasteiger partial charge in [-0.05, 0) is 79.9 Å². The van der Waals surface area contributed by atoms with E-state index >= 15 is 0 Å². The second kappa shape index (κ2) is 16.4. The molecule has 1 aromatic heterocycles. The third-order valence-electron chi connectivity index (χ3n) is 9.33. The van der Waals surface area contributed by atoms with Crippen molar-refractivity contribution < 1.29 is 10.2 Å². The van der Waals surface area contributed by atoms with Crippen molar-refractivity contribution in [3.8, 4) is 34.1 Å². The second-order valence-corrected chi connectivity index (χ2v) is 16.2. The molecule has 0 amide bonds. The van der Waals surface area contributed by atoms with E-state index in [2.05, 4.69) is 95.6 Å². The Bertz CT molecular complexity index is 1760. The summed E-state index contributed by atoms with van der Waals surface area (Å²) in [7, 11) is -1.74. The molecule has 6 rings (SSSR count). The minimum Gasteiger partial charge on any atom is -0.507 e. The maximum Gasteiger partial charge on any atom is 0.144 e. The molecular weight excluding hydrogens is 607 g/mol. The minimum atomic E-state index is -1.74. The molecule has 2 N–H and O–H groups in total. The van der Waals surface area contributed by atoms with Crippen LogP contribution in [-0.2, 0) is 6.54 Å². The lowest BCUT2D eigenvalue weighted by molar-refractivity contribution is 0.476. The molecule has 1 heterocycles. The van der Waals surface area contributed by atoms with E-state index in [9.17, 15) is 10.2 Å². The van der Waals surface area contributed by atoms with Gasteiger partial charge in [0.05, 0.1) is 17.4 Å². The van der Waals surface area contributed by atoms with Gasteiger partial charge in [0, 0.05) is 18.3 Å². The number of phenolic OH excluding ortho intramolecular Hbond substituents is 2. The first-order valence-corrected chi connectivity index (χ1v) is 19.3. The van der Waals surface area contributed by atoms with Crippen LogP contribution in [0.1, 0.15) is 51.4 Å². The van der Waals surface area contributed by atoms with Crippen molar-refractivity contribution in [2.24, 2.45) is 0 Å². The zero-order valence-electron chi connectivity index (χ0n) is 27.7. The molecule has 0 radical (unpaired) electrons. The molecule has 0 atom stereocenters. The van der Waals surface area contributed by atoms with Gasteiger partial charge in [-0.15, -0.1) is 0 Å². The topological polar surface area (TPSA) is 58.3 Å². The molecule has 0 aliphatic carbocycles. The van der Waals surface area contributed by atoms with E-state index in [-0.39, 0.29) is 11.5 Å². The normalized spacial score (nSPS) is 11.5. The van der Waals surface area contributed by atoms with E-state index in [1.165, 1.54) is 60.6 Å². The number of para-hydroxylation sites is 2. The van der Waals surface area contributed by atoms with Gasteiger partial charge in [-0.2, -0.15) is 0 Å². The molecule has 5 heteroatoms. The molecule has 244 valence electrons. The van der Waals surface area contributed by atoms with Gasteiger partial charge >= 0.3 is 0 Å². The molecule has 0 bridgehead atoms. The number of rotatable bonds is 16. The van der Waals surface area contributed by atoms with Crippen LogP contribution in [-0.4, -0.2) is 25.9 Å². The van der Waals surface area contributed by atoms with Gasteiger partial charge in [-0.25, -0.2) is 4.98 Å². The lowest BCUT2D eigenvalue weighted by atomic mass is 10.1. The smallest absolute Gasteiger partial charge is 0.144 e. The van der Waals surface area contributed by atoms with Crippen LogP contribution in [0.15, 0.2) is 146 Å². The van der Waals surface area contributed by atoms with Crippen molar-refractivity contribution in [2.75, 3.05) is 6.16 Å². The van der Waals surface area contributed by atoms with E-state index in [4.69, 9.17) is 4.98 Å².